The predicted molar refractivity (Wildman–Crippen MR) is 247 cm³/mol. The molecule has 0 aromatic rings. The number of esters is 3. The van der Waals surface area contributed by atoms with E-state index in [1.165, 1.54) is 135 Å². The van der Waals surface area contributed by atoms with Gasteiger partial charge in [0.1, 0.15) is 13.2 Å². The van der Waals surface area contributed by atoms with Crippen LogP contribution < -0.4 is 0 Å². The monoisotopic (exact) mass is 813 g/mol. The van der Waals surface area contributed by atoms with Crippen LogP contribution in [0.25, 0.3) is 0 Å². The Labute approximate surface area is 358 Å². The van der Waals surface area contributed by atoms with E-state index in [0.29, 0.717) is 12.8 Å². The van der Waals surface area contributed by atoms with Gasteiger partial charge in [-0.05, 0) is 38.5 Å². The van der Waals surface area contributed by atoms with Crippen LogP contribution in [0.15, 0.2) is 48.6 Å². The summed E-state index contributed by atoms with van der Waals surface area (Å²) in [6.45, 7) is 6.47. The van der Waals surface area contributed by atoms with E-state index in [-0.39, 0.29) is 37.5 Å². The molecule has 0 spiro atoms. The molecule has 0 rings (SSSR count). The molecule has 1 unspecified atom stereocenters. The number of hydrogen-bond donors (Lipinski definition) is 0. The summed E-state index contributed by atoms with van der Waals surface area (Å²) >= 11 is 0. The van der Waals surface area contributed by atoms with E-state index >= 15 is 0 Å². The van der Waals surface area contributed by atoms with E-state index in [4.69, 9.17) is 14.2 Å². The van der Waals surface area contributed by atoms with Gasteiger partial charge in [0, 0.05) is 19.3 Å². The fourth-order valence-corrected chi connectivity index (χ4v) is 6.98. The Morgan fingerprint density at radius 1 is 0.362 bits per heavy atom. The molecule has 0 aromatic heterocycles. The van der Waals surface area contributed by atoms with E-state index < -0.39 is 6.10 Å². The lowest BCUT2D eigenvalue weighted by atomic mass is 10.0. The van der Waals surface area contributed by atoms with E-state index in [0.717, 1.165) is 70.6 Å². The van der Waals surface area contributed by atoms with Gasteiger partial charge in [-0.2, -0.15) is 0 Å². The number of hydrogen-bond acceptors (Lipinski definition) is 6. The molecule has 6 heteroatoms. The molecule has 0 aliphatic heterocycles. The molecule has 0 radical (unpaired) electrons. The summed E-state index contributed by atoms with van der Waals surface area (Å²) in [6.07, 6.45) is 55.2. The average Bonchev–Trinajstić information content (AvgIpc) is 3.22. The Morgan fingerprint density at radius 2 is 0.672 bits per heavy atom. The van der Waals surface area contributed by atoms with Crippen LogP contribution in [0.3, 0.4) is 0 Å². The fourth-order valence-electron chi connectivity index (χ4n) is 6.98. The normalized spacial score (nSPS) is 12.4. The summed E-state index contributed by atoms with van der Waals surface area (Å²) < 4.78 is 16.7. The van der Waals surface area contributed by atoms with Crippen molar-refractivity contribution in [2.45, 2.75) is 252 Å². The second-order valence-electron chi connectivity index (χ2n) is 16.5. The van der Waals surface area contributed by atoms with Gasteiger partial charge in [-0.3, -0.25) is 14.4 Å². The third-order valence-electron chi connectivity index (χ3n) is 10.7. The van der Waals surface area contributed by atoms with Crippen LogP contribution in [0.4, 0.5) is 0 Å². The van der Waals surface area contributed by atoms with Crippen molar-refractivity contribution in [2.75, 3.05) is 13.2 Å². The maximum Gasteiger partial charge on any atom is 0.306 e. The Kier molecular flexibility index (Phi) is 44.9. The number of unbranched alkanes of at least 4 members (excludes halogenated alkanes) is 28. The lowest BCUT2D eigenvalue weighted by Crippen LogP contribution is -2.30. The van der Waals surface area contributed by atoms with Gasteiger partial charge in [0.15, 0.2) is 6.10 Å². The summed E-state index contributed by atoms with van der Waals surface area (Å²) in [7, 11) is 0. The average molecular weight is 813 g/mol. The summed E-state index contributed by atoms with van der Waals surface area (Å²) in [5.41, 5.74) is 0. The van der Waals surface area contributed by atoms with Gasteiger partial charge in [0.05, 0.1) is 0 Å². The van der Waals surface area contributed by atoms with Crippen molar-refractivity contribution in [1.29, 1.82) is 0 Å². The highest BCUT2D eigenvalue weighted by atomic mass is 16.6. The standard InChI is InChI=1S/C52H92O6/c1-4-7-10-13-16-19-22-25-28-30-33-36-39-42-45-51(54)57-48-49(58-52(55)46-43-40-37-34-31-27-24-21-18-15-12-9-6-3)47-56-50(53)44-41-38-35-32-29-26-23-20-17-14-11-8-5-2/h9,12,15,18,21,24,27,31,49H,4-8,10-11,13-14,16-17,19-20,22-23,25-26,28-30,32-48H2,1-3H3/b12-9-,18-15-,24-21-,31-27-. The maximum atomic E-state index is 12.7. The molecule has 0 bridgehead atoms. The smallest absolute Gasteiger partial charge is 0.306 e. The van der Waals surface area contributed by atoms with Crippen LogP contribution in [-0.2, 0) is 28.6 Å². The van der Waals surface area contributed by atoms with Crippen molar-refractivity contribution in [3.63, 3.8) is 0 Å². The predicted octanol–water partition coefficient (Wildman–Crippen LogP) is 15.9. The number of ether oxygens (including phenoxy) is 3. The minimum Gasteiger partial charge on any atom is -0.462 e. The molecule has 0 aromatic carbocycles. The van der Waals surface area contributed by atoms with Crippen molar-refractivity contribution < 1.29 is 28.6 Å². The highest BCUT2D eigenvalue weighted by molar-refractivity contribution is 5.71. The van der Waals surface area contributed by atoms with Gasteiger partial charge in [-0.15, -0.1) is 0 Å². The van der Waals surface area contributed by atoms with Crippen LogP contribution in [0.1, 0.15) is 245 Å². The molecule has 0 saturated heterocycles. The van der Waals surface area contributed by atoms with E-state index in [9.17, 15) is 14.4 Å². The molecule has 6 nitrogen and oxygen atoms in total. The first-order valence-electron chi connectivity index (χ1n) is 24.7. The van der Waals surface area contributed by atoms with Gasteiger partial charge in [-0.1, -0.05) is 236 Å². The van der Waals surface area contributed by atoms with Gasteiger partial charge in [0.2, 0.25) is 0 Å². The minimum absolute atomic E-state index is 0.0857. The summed E-state index contributed by atoms with van der Waals surface area (Å²) in [5, 5.41) is 0. The molecule has 58 heavy (non-hydrogen) atoms. The first-order chi connectivity index (χ1) is 28.5. The lowest BCUT2D eigenvalue weighted by molar-refractivity contribution is -0.167. The summed E-state index contributed by atoms with van der Waals surface area (Å²) in [4.78, 5) is 37.9. The molecule has 0 aliphatic rings. The van der Waals surface area contributed by atoms with Crippen LogP contribution in [0.5, 0.6) is 0 Å². The first-order valence-corrected chi connectivity index (χ1v) is 24.7. The largest absolute Gasteiger partial charge is 0.462 e. The quantitative estimate of drug-likeness (QED) is 0.0264. The maximum absolute atomic E-state index is 12.7. The molecular weight excluding hydrogens is 721 g/mol. The molecular formula is C52H92O6. The van der Waals surface area contributed by atoms with E-state index in [1.54, 1.807) is 0 Å². The number of allylic oxidation sites excluding steroid dienone is 8. The van der Waals surface area contributed by atoms with Crippen molar-refractivity contribution in [2.24, 2.45) is 0 Å². The third kappa shape index (κ3) is 44.5. The Morgan fingerprint density at radius 3 is 1.05 bits per heavy atom. The zero-order chi connectivity index (χ0) is 42.3. The number of carbonyl (C=O) groups is 3. The number of carbonyl (C=O) groups excluding carboxylic acids is 3. The third-order valence-corrected chi connectivity index (χ3v) is 10.7. The Hall–Kier alpha value is -2.63. The van der Waals surface area contributed by atoms with Gasteiger partial charge >= 0.3 is 17.9 Å². The highest BCUT2D eigenvalue weighted by Crippen LogP contribution is 2.16. The van der Waals surface area contributed by atoms with Crippen molar-refractivity contribution >= 4 is 17.9 Å². The van der Waals surface area contributed by atoms with Crippen LogP contribution in [-0.4, -0.2) is 37.2 Å². The molecule has 0 amide bonds. The van der Waals surface area contributed by atoms with Crippen LogP contribution >= 0.6 is 0 Å². The Balaban J connectivity index is 4.41. The zero-order valence-corrected chi connectivity index (χ0v) is 38.3. The molecule has 0 fully saturated rings. The van der Waals surface area contributed by atoms with Gasteiger partial charge < -0.3 is 14.2 Å². The molecule has 0 heterocycles. The van der Waals surface area contributed by atoms with Crippen LogP contribution in [0.2, 0.25) is 0 Å². The fraction of sp³-hybridized carbons (Fsp3) is 0.788. The second kappa shape index (κ2) is 47.1. The van der Waals surface area contributed by atoms with Crippen molar-refractivity contribution in [3.05, 3.63) is 48.6 Å². The first kappa shape index (κ1) is 55.4. The summed E-state index contributed by atoms with van der Waals surface area (Å²) in [5.74, 6) is -0.918. The molecule has 0 aliphatic carbocycles. The van der Waals surface area contributed by atoms with Crippen molar-refractivity contribution in [3.8, 4) is 0 Å². The highest BCUT2D eigenvalue weighted by Gasteiger charge is 2.19. The topological polar surface area (TPSA) is 78.9 Å². The van der Waals surface area contributed by atoms with Crippen LogP contribution in [0, 0.1) is 0 Å². The molecule has 336 valence electrons. The zero-order valence-electron chi connectivity index (χ0n) is 38.3. The summed E-state index contributed by atoms with van der Waals surface area (Å²) in [6, 6.07) is 0. The second-order valence-corrected chi connectivity index (χ2v) is 16.5. The van der Waals surface area contributed by atoms with Gasteiger partial charge in [0.25, 0.3) is 0 Å². The van der Waals surface area contributed by atoms with Crippen molar-refractivity contribution in [1.82, 2.24) is 0 Å². The Bertz CT molecular complexity index is 1030. The minimum atomic E-state index is -0.787. The molecule has 1 atom stereocenters. The SMILES string of the molecule is CC\C=C/C=C\C=C/C=C\CCCCCC(=O)OC(COC(=O)CCCCCCCCCCCCCCC)COC(=O)CCCCCCCCCCCCCCCC. The number of rotatable bonds is 44. The van der Waals surface area contributed by atoms with E-state index in [1.807, 2.05) is 36.5 Å². The van der Waals surface area contributed by atoms with Gasteiger partial charge in [-0.25, -0.2) is 0 Å². The lowest BCUT2D eigenvalue weighted by Gasteiger charge is -2.18. The molecule has 0 N–H and O–H groups in total. The molecule has 0 saturated carbocycles. The van der Waals surface area contributed by atoms with E-state index in [2.05, 4.69) is 32.9 Å².